The Kier molecular flexibility index (Phi) is 5.69. The van der Waals surface area contributed by atoms with Crippen LogP contribution in [0.1, 0.15) is 29.6 Å². The number of ether oxygens (including phenoxy) is 2. The number of fused-ring (bicyclic) bond motifs is 2. The van der Waals surface area contributed by atoms with Crippen molar-refractivity contribution in [1.29, 1.82) is 0 Å². The zero-order valence-corrected chi connectivity index (χ0v) is 19.9. The van der Waals surface area contributed by atoms with Crippen LogP contribution in [0.3, 0.4) is 0 Å². The summed E-state index contributed by atoms with van der Waals surface area (Å²) in [6.07, 6.45) is 3.45. The highest BCUT2D eigenvalue weighted by Gasteiger charge is 2.23. The van der Waals surface area contributed by atoms with Crippen molar-refractivity contribution in [2.45, 2.75) is 25.8 Å². The van der Waals surface area contributed by atoms with Gasteiger partial charge in [0, 0.05) is 24.2 Å². The summed E-state index contributed by atoms with van der Waals surface area (Å²) in [6.45, 7) is 2.60. The number of Topliss-reactive ketones (excluding diaryl/α,β-unsaturated/α-hetero) is 1. The van der Waals surface area contributed by atoms with Gasteiger partial charge in [-0.3, -0.25) is 9.59 Å². The molecule has 0 atom stereocenters. The van der Waals surface area contributed by atoms with E-state index in [1.165, 1.54) is 22.4 Å². The largest absolute Gasteiger partial charge is 0.486 e. The van der Waals surface area contributed by atoms with Crippen molar-refractivity contribution in [3.05, 3.63) is 64.4 Å². The number of carbonyl (C=O) groups is 1. The molecule has 0 N–H and O–H groups in total. The molecule has 9 heteroatoms. The lowest BCUT2D eigenvalue weighted by Crippen LogP contribution is -2.29. The fourth-order valence-electron chi connectivity index (χ4n) is 4.50. The standard InChI is InChI=1S/C26H24N4O4S/c31-19(18-9-10-20-21(15-18)34-14-13-33-20)16-30-25(32)23-24(22(28-30)17-7-3-1-4-8-17)35-26(27-23)29-11-5-2-6-12-29/h1,3-4,7-10,15H,2,5-6,11-14,16H2. The number of thiazole rings is 1. The third-order valence-electron chi connectivity index (χ3n) is 6.32. The Balaban J connectivity index is 1.41. The van der Waals surface area contributed by atoms with E-state index in [1.807, 2.05) is 30.3 Å². The number of aromatic nitrogens is 3. The average molecular weight is 489 g/mol. The summed E-state index contributed by atoms with van der Waals surface area (Å²) in [6, 6.07) is 14.8. The molecule has 0 saturated carbocycles. The second kappa shape index (κ2) is 9.14. The molecule has 0 aliphatic carbocycles. The summed E-state index contributed by atoms with van der Waals surface area (Å²) in [5.41, 5.74) is 1.99. The monoisotopic (exact) mass is 488 g/mol. The first-order chi connectivity index (χ1) is 17.2. The van der Waals surface area contributed by atoms with E-state index < -0.39 is 0 Å². The molecule has 4 heterocycles. The minimum absolute atomic E-state index is 0.190. The Hall–Kier alpha value is -3.72. The van der Waals surface area contributed by atoms with Crippen LogP contribution in [-0.4, -0.2) is 46.9 Å². The van der Waals surface area contributed by atoms with E-state index in [9.17, 15) is 9.59 Å². The molecule has 2 aromatic carbocycles. The van der Waals surface area contributed by atoms with Gasteiger partial charge in [0.1, 0.15) is 25.5 Å². The summed E-state index contributed by atoms with van der Waals surface area (Å²) in [5.74, 6) is 0.915. The van der Waals surface area contributed by atoms with Gasteiger partial charge in [0.15, 0.2) is 27.9 Å². The van der Waals surface area contributed by atoms with Gasteiger partial charge in [-0.15, -0.1) is 0 Å². The second-order valence-electron chi connectivity index (χ2n) is 8.68. The van der Waals surface area contributed by atoms with E-state index in [1.54, 1.807) is 18.2 Å². The van der Waals surface area contributed by atoms with Gasteiger partial charge in [-0.25, -0.2) is 9.67 Å². The van der Waals surface area contributed by atoms with Crippen LogP contribution in [0.15, 0.2) is 53.3 Å². The van der Waals surface area contributed by atoms with Crippen LogP contribution in [-0.2, 0) is 6.54 Å². The first-order valence-electron chi connectivity index (χ1n) is 11.8. The molecule has 6 rings (SSSR count). The Morgan fingerprint density at radius 3 is 2.54 bits per heavy atom. The first-order valence-corrected chi connectivity index (χ1v) is 12.6. The molecule has 8 nitrogen and oxygen atoms in total. The summed E-state index contributed by atoms with van der Waals surface area (Å²) < 4.78 is 13.1. The van der Waals surface area contributed by atoms with Gasteiger partial charge in [0.2, 0.25) is 0 Å². The van der Waals surface area contributed by atoms with Crippen LogP contribution < -0.4 is 19.9 Å². The van der Waals surface area contributed by atoms with Crippen LogP contribution in [0.4, 0.5) is 5.13 Å². The number of hydrogen-bond donors (Lipinski definition) is 0. The molecule has 2 aromatic heterocycles. The molecule has 0 unspecified atom stereocenters. The lowest BCUT2D eigenvalue weighted by molar-refractivity contribution is 0.0965. The molecule has 2 aliphatic heterocycles. The average Bonchev–Trinajstić information content (AvgIpc) is 3.37. The molecule has 0 spiro atoms. The minimum atomic E-state index is -0.356. The van der Waals surface area contributed by atoms with Crippen molar-refractivity contribution in [3.63, 3.8) is 0 Å². The van der Waals surface area contributed by atoms with E-state index in [4.69, 9.17) is 14.5 Å². The molecule has 35 heavy (non-hydrogen) atoms. The normalized spacial score (nSPS) is 15.4. The number of hydrogen-bond acceptors (Lipinski definition) is 8. The van der Waals surface area contributed by atoms with Crippen molar-refractivity contribution < 1.29 is 14.3 Å². The fraction of sp³-hybridized carbons (Fsp3) is 0.308. The second-order valence-corrected chi connectivity index (χ2v) is 9.66. The molecule has 0 amide bonds. The molecular formula is C26H24N4O4S. The molecule has 0 bridgehead atoms. The molecular weight excluding hydrogens is 464 g/mol. The van der Waals surface area contributed by atoms with E-state index in [0.717, 1.165) is 41.3 Å². The van der Waals surface area contributed by atoms with Crippen LogP contribution in [0.2, 0.25) is 0 Å². The SMILES string of the molecule is O=C(Cn1nc(-c2ccccc2)c2sc(N3CCCCC3)nc2c1=O)c1ccc2c(c1)OCCO2. The molecule has 178 valence electrons. The number of anilines is 1. The Bertz CT molecular complexity index is 1460. The summed E-state index contributed by atoms with van der Waals surface area (Å²) in [4.78, 5) is 33.6. The molecule has 0 radical (unpaired) electrons. The first kappa shape index (κ1) is 21.8. The van der Waals surface area contributed by atoms with Crippen molar-refractivity contribution in [2.24, 2.45) is 0 Å². The van der Waals surface area contributed by atoms with E-state index in [0.29, 0.717) is 41.5 Å². The highest BCUT2D eigenvalue weighted by Crippen LogP contribution is 2.35. The zero-order valence-electron chi connectivity index (χ0n) is 19.1. The summed E-state index contributed by atoms with van der Waals surface area (Å²) in [7, 11) is 0. The van der Waals surface area contributed by atoms with E-state index in [2.05, 4.69) is 10.00 Å². The van der Waals surface area contributed by atoms with Crippen molar-refractivity contribution in [3.8, 4) is 22.8 Å². The number of nitrogens with zero attached hydrogens (tertiary/aromatic N) is 4. The summed E-state index contributed by atoms with van der Waals surface area (Å²) in [5, 5.41) is 5.50. The minimum Gasteiger partial charge on any atom is -0.486 e. The van der Waals surface area contributed by atoms with Crippen molar-refractivity contribution in [1.82, 2.24) is 14.8 Å². The predicted molar refractivity (Wildman–Crippen MR) is 135 cm³/mol. The van der Waals surface area contributed by atoms with Crippen LogP contribution in [0, 0.1) is 0 Å². The number of carbonyl (C=O) groups excluding carboxylic acids is 1. The van der Waals surface area contributed by atoms with Gasteiger partial charge in [-0.05, 0) is 37.5 Å². The van der Waals surface area contributed by atoms with Crippen molar-refractivity contribution >= 4 is 32.5 Å². The lowest BCUT2D eigenvalue weighted by atomic mass is 10.1. The number of ketones is 1. The topological polar surface area (TPSA) is 86.6 Å². The number of rotatable bonds is 5. The van der Waals surface area contributed by atoms with Gasteiger partial charge in [-0.1, -0.05) is 41.7 Å². The van der Waals surface area contributed by atoms with Crippen LogP contribution in [0.5, 0.6) is 11.5 Å². The van der Waals surface area contributed by atoms with Gasteiger partial charge in [0.05, 0.1) is 4.70 Å². The van der Waals surface area contributed by atoms with Gasteiger partial charge >= 0.3 is 0 Å². The third-order valence-corrected chi connectivity index (χ3v) is 7.44. The fourth-order valence-corrected chi connectivity index (χ4v) is 5.62. The molecule has 2 aliphatic rings. The summed E-state index contributed by atoms with van der Waals surface area (Å²) >= 11 is 1.50. The maximum Gasteiger partial charge on any atom is 0.294 e. The van der Waals surface area contributed by atoms with Gasteiger partial charge < -0.3 is 14.4 Å². The predicted octanol–water partition coefficient (Wildman–Crippen LogP) is 4.16. The van der Waals surface area contributed by atoms with Crippen molar-refractivity contribution in [2.75, 3.05) is 31.2 Å². The highest BCUT2D eigenvalue weighted by molar-refractivity contribution is 7.22. The molecule has 1 fully saturated rings. The Morgan fingerprint density at radius 2 is 1.74 bits per heavy atom. The van der Waals surface area contributed by atoms with Crippen LogP contribution in [0.25, 0.3) is 21.5 Å². The Morgan fingerprint density at radius 1 is 0.971 bits per heavy atom. The third kappa shape index (κ3) is 4.16. The Labute approximate surface area is 205 Å². The lowest BCUT2D eigenvalue weighted by Gasteiger charge is -2.25. The van der Waals surface area contributed by atoms with E-state index >= 15 is 0 Å². The highest BCUT2D eigenvalue weighted by atomic mass is 32.1. The maximum atomic E-state index is 13.4. The van der Waals surface area contributed by atoms with Crippen LogP contribution >= 0.6 is 11.3 Å². The molecule has 4 aromatic rings. The van der Waals surface area contributed by atoms with Gasteiger partial charge in [-0.2, -0.15) is 5.10 Å². The number of piperidine rings is 1. The van der Waals surface area contributed by atoms with E-state index in [-0.39, 0.29) is 17.9 Å². The quantitative estimate of drug-likeness (QED) is 0.390. The molecule has 1 saturated heterocycles. The smallest absolute Gasteiger partial charge is 0.294 e. The number of benzene rings is 2. The van der Waals surface area contributed by atoms with Gasteiger partial charge in [0.25, 0.3) is 5.56 Å². The maximum absolute atomic E-state index is 13.4. The zero-order chi connectivity index (χ0) is 23.8.